The number of aliphatic imine (C=N–C) groups is 1. The van der Waals surface area contributed by atoms with Gasteiger partial charge in [-0.05, 0) is 29.3 Å². The van der Waals surface area contributed by atoms with Crippen molar-refractivity contribution >= 4 is 34.7 Å². The Bertz CT molecular complexity index is 1200. The molecule has 2 aromatic carbocycles. The van der Waals surface area contributed by atoms with Gasteiger partial charge in [-0.3, -0.25) is 15.2 Å². The SMILES string of the molecule is CC1CN=C(C2CN(C(=O)/C(N=N)=N/Nc3ccc(F)cc3F)Cc3ccccc32)C=C1Cl. The zero-order chi connectivity index (χ0) is 23.5. The van der Waals surface area contributed by atoms with Gasteiger partial charge in [-0.15, -0.1) is 10.2 Å². The van der Waals surface area contributed by atoms with E-state index < -0.39 is 23.4 Å². The minimum absolute atomic E-state index is 0.141. The van der Waals surface area contributed by atoms with Crippen LogP contribution in [0.25, 0.3) is 0 Å². The molecule has 2 atom stereocenters. The van der Waals surface area contributed by atoms with E-state index in [0.717, 1.165) is 34.0 Å². The second kappa shape index (κ2) is 9.58. The number of hydrogen-bond donors (Lipinski definition) is 2. The van der Waals surface area contributed by atoms with Crippen molar-refractivity contribution in [2.24, 2.45) is 21.1 Å². The maximum Gasteiger partial charge on any atom is 0.295 e. The normalized spacial score (nSPS) is 20.5. The number of nitrogens with zero attached hydrogens (tertiary/aromatic N) is 4. The molecule has 4 rings (SSSR count). The number of allylic oxidation sites excluding steroid dienone is 1. The van der Waals surface area contributed by atoms with E-state index in [0.29, 0.717) is 25.7 Å². The van der Waals surface area contributed by atoms with Gasteiger partial charge in [0, 0.05) is 48.3 Å². The number of hydrazone groups is 1. The van der Waals surface area contributed by atoms with Crippen LogP contribution in [0.5, 0.6) is 0 Å². The largest absolute Gasteiger partial charge is 0.330 e. The first-order chi connectivity index (χ1) is 15.9. The summed E-state index contributed by atoms with van der Waals surface area (Å²) in [6.07, 6.45) is 1.86. The van der Waals surface area contributed by atoms with Crippen molar-refractivity contribution in [2.75, 3.05) is 18.5 Å². The fraction of sp³-hybridized carbons (Fsp3) is 0.261. The summed E-state index contributed by atoms with van der Waals surface area (Å²) in [7, 11) is 0. The smallest absolute Gasteiger partial charge is 0.295 e. The number of nitrogens with one attached hydrogen (secondary N) is 2. The maximum absolute atomic E-state index is 13.9. The number of benzene rings is 2. The fourth-order valence-corrected chi connectivity index (χ4v) is 4.02. The Morgan fingerprint density at radius 2 is 2.06 bits per heavy atom. The quantitative estimate of drug-likeness (QED) is 0.284. The van der Waals surface area contributed by atoms with Crippen molar-refractivity contribution in [3.8, 4) is 0 Å². The summed E-state index contributed by atoms with van der Waals surface area (Å²) in [5.41, 5.74) is 12.4. The Morgan fingerprint density at radius 3 is 2.79 bits per heavy atom. The highest BCUT2D eigenvalue weighted by Crippen LogP contribution is 2.33. The van der Waals surface area contributed by atoms with Crippen LogP contribution in [-0.4, -0.2) is 35.4 Å². The highest BCUT2D eigenvalue weighted by atomic mass is 35.5. The molecular formula is C23H21ClF2N6O. The molecule has 2 heterocycles. The van der Waals surface area contributed by atoms with Gasteiger partial charge in [0.15, 0.2) is 5.82 Å². The number of carbonyl (C=O) groups is 1. The van der Waals surface area contributed by atoms with Gasteiger partial charge >= 0.3 is 0 Å². The minimum atomic E-state index is -0.879. The van der Waals surface area contributed by atoms with Crippen LogP contribution in [-0.2, 0) is 11.3 Å². The topological polar surface area (TPSA) is 93.3 Å². The standard InChI is InChI=1S/C23H21ClF2N6O/c1-13-10-28-21(9-18(13)24)17-12-32(11-14-4-2-3-5-16(14)17)23(33)22(29-27)31-30-20-7-6-15(25)8-19(20)26/h2-9,13,17,27,30H,10-12H2,1H3/b29-27?,31-22-. The van der Waals surface area contributed by atoms with Crippen LogP contribution in [0.2, 0.25) is 0 Å². The summed E-state index contributed by atoms with van der Waals surface area (Å²) in [4.78, 5) is 19.4. The van der Waals surface area contributed by atoms with E-state index in [4.69, 9.17) is 17.1 Å². The predicted molar refractivity (Wildman–Crippen MR) is 123 cm³/mol. The van der Waals surface area contributed by atoms with Gasteiger partial charge in [0.05, 0.1) is 5.69 Å². The lowest BCUT2D eigenvalue weighted by molar-refractivity contribution is -0.125. The molecule has 33 heavy (non-hydrogen) atoms. The van der Waals surface area contributed by atoms with Crippen molar-refractivity contribution in [3.05, 3.63) is 76.3 Å². The molecule has 2 N–H and O–H groups in total. The molecule has 0 bridgehead atoms. The summed E-state index contributed by atoms with van der Waals surface area (Å²) < 4.78 is 27.0. The lowest BCUT2D eigenvalue weighted by Gasteiger charge is -2.35. The Labute approximate surface area is 194 Å². The van der Waals surface area contributed by atoms with Crippen molar-refractivity contribution in [1.29, 1.82) is 5.53 Å². The second-order valence-corrected chi connectivity index (χ2v) is 8.35. The van der Waals surface area contributed by atoms with Crippen LogP contribution in [0, 0.1) is 23.1 Å². The van der Waals surface area contributed by atoms with E-state index in [1.54, 1.807) is 0 Å². The number of amides is 1. The third kappa shape index (κ3) is 4.83. The summed E-state index contributed by atoms with van der Waals surface area (Å²) in [6.45, 7) is 3.16. The molecule has 7 nitrogen and oxygen atoms in total. The van der Waals surface area contributed by atoms with E-state index in [2.05, 4.69) is 20.6 Å². The zero-order valence-electron chi connectivity index (χ0n) is 17.7. The minimum Gasteiger partial charge on any atom is -0.330 e. The Balaban J connectivity index is 1.60. The van der Waals surface area contributed by atoms with Crippen molar-refractivity contribution in [1.82, 2.24) is 4.90 Å². The average Bonchev–Trinajstić information content (AvgIpc) is 2.81. The van der Waals surface area contributed by atoms with Gasteiger partial charge in [-0.2, -0.15) is 0 Å². The number of rotatable bonds is 3. The molecule has 2 aliphatic heterocycles. The van der Waals surface area contributed by atoms with Crippen LogP contribution in [0.3, 0.4) is 0 Å². The molecule has 0 saturated heterocycles. The number of amidine groups is 1. The van der Waals surface area contributed by atoms with E-state index >= 15 is 0 Å². The molecule has 0 aromatic heterocycles. The number of hydrogen-bond acceptors (Lipinski definition) is 5. The van der Waals surface area contributed by atoms with Gasteiger partial charge in [-0.1, -0.05) is 42.8 Å². The van der Waals surface area contributed by atoms with E-state index in [-0.39, 0.29) is 17.5 Å². The molecule has 0 radical (unpaired) electrons. The van der Waals surface area contributed by atoms with Crippen LogP contribution >= 0.6 is 11.6 Å². The molecule has 0 fully saturated rings. The average molecular weight is 471 g/mol. The van der Waals surface area contributed by atoms with Crippen molar-refractivity contribution < 1.29 is 13.6 Å². The zero-order valence-corrected chi connectivity index (χ0v) is 18.5. The first kappa shape index (κ1) is 22.7. The van der Waals surface area contributed by atoms with Crippen LogP contribution in [0.4, 0.5) is 14.5 Å². The van der Waals surface area contributed by atoms with Gasteiger partial charge in [0.25, 0.3) is 11.7 Å². The molecule has 0 spiro atoms. The molecule has 2 unspecified atom stereocenters. The molecule has 2 aliphatic rings. The molecule has 10 heteroatoms. The molecule has 0 saturated carbocycles. The van der Waals surface area contributed by atoms with Crippen LogP contribution in [0.15, 0.2) is 68.8 Å². The fourth-order valence-electron chi connectivity index (χ4n) is 3.84. The second-order valence-electron chi connectivity index (χ2n) is 7.92. The monoisotopic (exact) mass is 470 g/mol. The van der Waals surface area contributed by atoms with Crippen LogP contribution < -0.4 is 5.43 Å². The van der Waals surface area contributed by atoms with Gasteiger partial charge in [0.1, 0.15) is 5.82 Å². The predicted octanol–water partition coefficient (Wildman–Crippen LogP) is 5.06. The van der Waals surface area contributed by atoms with Gasteiger partial charge < -0.3 is 4.90 Å². The van der Waals surface area contributed by atoms with Crippen LogP contribution in [0.1, 0.15) is 24.0 Å². The maximum atomic E-state index is 13.9. The molecule has 2 aromatic rings. The lowest BCUT2D eigenvalue weighted by atomic mass is 9.85. The molecule has 170 valence electrons. The highest BCUT2D eigenvalue weighted by molar-refractivity contribution is 6.38. The Hall–Kier alpha value is -3.46. The van der Waals surface area contributed by atoms with Gasteiger partial charge in [-0.25, -0.2) is 14.3 Å². The molecule has 0 aliphatic carbocycles. The summed E-state index contributed by atoms with van der Waals surface area (Å²) in [5.74, 6) is -2.73. The first-order valence-electron chi connectivity index (χ1n) is 10.3. The Kier molecular flexibility index (Phi) is 6.60. The van der Waals surface area contributed by atoms with Gasteiger partial charge in [0.2, 0.25) is 0 Å². The highest BCUT2D eigenvalue weighted by Gasteiger charge is 2.33. The summed E-state index contributed by atoms with van der Waals surface area (Å²) in [6, 6.07) is 10.6. The third-order valence-corrected chi connectivity index (χ3v) is 6.14. The third-order valence-electron chi connectivity index (χ3n) is 5.65. The van der Waals surface area contributed by atoms with Crippen molar-refractivity contribution in [3.63, 3.8) is 0 Å². The number of fused-ring (bicyclic) bond motifs is 1. The summed E-state index contributed by atoms with van der Waals surface area (Å²) >= 11 is 6.38. The Morgan fingerprint density at radius 1 is 1.27 bits per heavy atom. The van der Waals surface area contributed by atoms with E-state index in [1.807, 2.05) is 37.3 Å². The van der Waals surface area contributed by atoms with E-state index in [9.17, 15) is 13.6 Å². The number of dihydropyridines is 1. The van der Waals surface area contributed by atoms with E-state index in [1.165, 1.54) is 4.90 Å². The number of anilines is 1. The van der Waals surface area contributed by atoms with Crippen molar-refractivity contribution in [2.45, 2.75) is 19.4 Å². The lowest BCUT2D eigenvalue weighted by Crippen LogP contribution is -2.43. The summed E-state index contributed by atoms with van der Waals surface area (Å²) in [5, 5.41) is 7.73. The first-order valence-corrected chi connectivity index (χ1v) is 10.7. The number of halogens is 3. The number of carbonyl (C=O) groups excluding carboxylic acids is 1. The molecule has 1 amide bonds. The molecular weight excluding hydrogens is 450 g/mol.